The number of carbonyl (C=O) groups excluding carboxylic acids is 2. The Morgan fingerprint density at radius 1 is 1.09 bits per heavy atom. The highest BCUT2D eigenvalue weighted by molar-refractivity contribution is 5.94. The molecule has 2 aromatic carbocycles. The molecule has 2 rings (SSSR count). The SMILES string of the molecule is CNC(=O)c1ccc(CN(C)C(=O)c2ccccc2F)cc1. The molecule has 2 aromatic rings. The summed E-state index contributed by atoms with van der Waals surface area (Å²) in [5, 5.41) is 2.54. The third kappa shape index (κ3) is 3.49. The first-order valence-electron chi connectivity index (χ1n) is 6.84. The van der Waals surface area contributed by atoms with Crippen LogP contribution in [-0.4, -0.2) is 30.8 Å². The molecule has 4 nitrogen and oxygen atoms in total. The van der Waals surface area contributed by atoms with Crippen molar-refractivity contribution in [2.24, 2.45) is 0 Å². The van der Waals surface area contributed by atoms with Crippen LogP contribution in [0.1, 0.15) is 26.3 Å². The van der Waals surface area contributed by atoms with Crippen molar-refractivity contribution < 1.29 is 14.0 Å². The van der Waals surface area contributed by atoms with E-state index in [9.17, 15) is 14.0 Å². The van der Waals surface area contributed by atoms with Gasteiger partial charge in [-0.15, -0.1) is 0 Å². The van der Waals surface area contributed by atoms with Crippen molar-refractivity contribution in [2.45, 2.75) is 6.54 Å². The van der Waals surface area contributed by atoms with Gasteiger partial charge in [-0.25, -0.2) is 4.39 Å². The third-order valence-corrected chi connectivity index (χ3v) is 3.31. The van der Waals surface area contributed by atoms with Crippen LogP contribution >= 0.6 is 0 Å². The van der Waals surface area contributed by atoms with E-state index in [-0.39, 0.29) is 17.4 Å². The monoisotopic (exact) mass is 300 g/mol. The Balaban J connectivity index is 2.08. The quantitative estimate of drug-likeness (QED) is 0.943. The van der Waals surface area contributed by atoms with E-state index in [1.807, 2.05) is 0 Å². The van der Waals surface area contributed by atoms with E-state index >= 15 is 0 Å². The molecule has 0 aromatic heterocycles. The van der Waals surface area contributed by atoms with Gasteiger partial charge in [0.1, 0.15) is 5.82 Å². The summed E-state index contributed by atoms with van der Waals surface area (Å²) in [5.41, 5.74) is 1.46. The number of hydrogen-bond acceptors (Lipinski definition) is 2. The summed E-state index contributed by atoms with van der Waals surface area (Å²) >= 11 is 0. The summed E-state index contributed by atoms with van der Waals surface area (Å²) in [5.74, 6) is -1.08. The first-order valence-corrected chi connectivity index (χ1v) is 6.84. The maximum absolute atomic E-state index is 13.6. The van der Waals surface area contributed by atoms with Gasteiger partial charge in [-0.3, -0.25) is 9.59 Å². The van der Waals surface area contributed by atoms with Gasteiger partial charge in [0.2, 0.25) is 0 Å². The molecular weight excluding hydrogens is 283 g/mol. The second kappa shape index (κ2) is 6.85. The van der Waals surface area contributed by atoms with Gasteiger partial charge in [-0.1, -0.05) is 24.3 Å². The van der Waals surface area contributed by atoms with Crippen LogP contribution < -0.4 is 5.32 Å². The fourth-order valence-electron chi connectivity index (χ4n) is 2.09. The number of benzene rings is 2. The minimum atomic E-state index is -0.533. The van der Waals surface area contributed by atoms with Crippen molar-refractivity contribution in [3.8, 4) is 0 Å². The first kappa shape index (κ1) is 15.7. The molecule has 0 bridgehead atoms. The van der Waals surface area contributed by atoms with Crippen LogP contribution in [0.2, 0.25) is 0 Å². The van der Waals surface area contributed by atoms with Crippen LogP contribution in [-0.2, 0) is 6.54 Å². The lowest BCUT2D eigenvalue weighted by molar-refractivity contribution is 0.0780. The zero-order chi connectivity index (χ0) is 16.1. The maximum atomic E-state index is 13.6. The van der Waals surface area contributed by atoms with E-state index < -0.39 is 5.82 Å². The normalized spacial score (nSPS) is 10.1. The summed E-state index contributed by atoms with van der Waals surface area (Å²) in [6, 6.07) is 12.8. The number of nitrogens with one attached hydrogen (secondary N) is 1. The molecule has 0 atom stereocenters. The first-order chi connectivity index (χ1) is 10.5. The van der Waals surface area contributed by atoms with Crippen LogP contribution in [0.5, 0.6) is 0 Å². The van der Waals surface area contributed by atoms with Crippen LogP contribution in [0.4, 0.5) is 4.39 Å². The highest BCUT2D eigenvalue weighted by Gasteiger charge is 2.15. The molecular formula is C17H17FN2O2. The summed E-state index contributed by atoms with van der Waals surface area (Å²) in [7, 11) is 3.18. The predicted molar refractivity (Wildman–Crippen MR) is 82.0 cm³/mol. The Hall–Kier alpha value is -2.69. The van der Waals surface area contributed by atoms with E-state index in [2.05, 4.69) is 5.32 Å². The molecule has 22 heavy (non-hydrogen) atoms. The molecule has 0 aliphatic carbocycles. The topological polar surface area (TPSA) is 49.4 Å². The number of nitrogens with zero attached hydrogens (tertiary/aromatic N) is 1. The molecule has 5 heteroatoms. The Bertz CT molecular complexity index is 683. The summed E-state index contributed by atoms with van der Waals surface area (Å²) in [6.07, 6.45) is 0. The van der Waals surface area contributed by atoms with Crippen LogP contribution in [0, 0.1) is 5.82 Å². The predicted octanol–water partition coefficient (Wildman–Crippen LogP) is 2.46. The Morgan fingerprint density at radius 2 is 1.73 bits per heavy atom. The van der Waals surface area contributed by atoms with E-state index in [1.165, 1.54) is 17.0 Å². The Labute approximate surface area is 128 Å². The highest BCUT2D eigenvalue weighted by atomic mass is 19.1. The number of halogens is 1. The zero-order valence-corrected chi connectivity index (χ0v) is 12.5. The molecule has 0 aliphatic heterocycles. The molecule has 0 aliphatic rings. The molecule has 0 fully saturated rings. The van der Waals surface area contributed by atoms with Crippen molar-refractivity contribution in [1.29, 1.82) is 0 Å². The van der Waals surface area contributed by atoms with Crippen LogP contribution in [0.3, 0.4) is 0 Å². The van der Waals surface area contributed by atoms with Crippen molar-refractivity contribution in [3.05, 3.63) is 71.0 Å². The van der Waals surface area contributed by atoms with E-state index in [0.717, 1.165) is 5.56 Å². The standard InChI is InChI=1S/C17H17FN2O2/c1-19-16(21)13-9-7-12(8-10-13)11-20(2)17(22)14-5-3-4-6-15(14)18/h3-10H,11H2,1-2H3,(H,19,21). The molecule has 114 valence electrons. The van der Waals surface area contributed by atoms with Gasteiger partial charge in [0.25, 0.3) is 11.8 Å². The lowest BCUT2D eigenvalue weighted by Gasteiger charge is -2.17. The molecule has 0 saturated carbocycles. The molecule has 0 saturated heterocycles. The molecule has 0 radical (unpaired) electrons. The van der Waals surface area contributed by atoms with Crippen LogP contribution in [0.15, 0.2) is 48.5 Å². The van der Waals surface area contributed by atoms with Gasteiger partial charge >= 0.3 is 0 Å². The second-order valence-corrected chi connectivity index (χ2v) is 4.92. The fraction of sp³-hybridized carbons (Fsp3) is 0.176. The van der Waals surface area contributed by atoms with Crippen molar-refractivity contribution >= 4 is 11.8 Å². The number of hydrogen-bond donors (Lipinski definition) is 1. The smallest absolute Gasteiger partial charge is 0.256 e. The molecule has 1 N–H and O–H groups in total. The summed E-state index contributed by atoms with van der Waals surface area (Å²) < 4.78 is 13.6. The van der Waals surface area contributed by atoms with Crippen LogP contribution in [0.25, 0.3) is 0 Å². The Kier molecular flexibility index (Phi) is 4.88. The second-order valence-electron chi connectivity index (χ2n) is 4.92. The summed E-state index contributed by atoms with van der Waals surface area (Å²) in [4.78, 5) is 25.1. The highest BCUT2D eigenvalue weighted by Crippen LogP contribution is 2.12. The van der Waals surface area contributed by atoms with Gasteiger partial charge in [-0.05, 0) is 29.8 Å². The van der Waals surface area contributed by atoms with Gasteiger partial charge in [0.05, 0.1) is 5.56 Å². The largest absolute Gasteiger partial charge is 0.355 e. The maximum Gasteiger partial charge on any atom is 0.256 e. The van der Waals surface area contributed by atoms with E-state index in [4.69, 9.17) is 0 Å². The van der Waals surface area contributed by atoms with Gasteiger partial charge < -0.3 is 10.2 Å². The summed E-state index contributed by atoms with van der Waals surface area (Å²) in [6.45, 7) is 0.335. The molecule has 0 heterocycles. The number of rotatable bonds is 4. The zero-order valence-electron chi connectivity index (χ0n) is 12.5. The average Bonchev–Trinajstić information content (AvgIpc) is 2.54. The lowest BCUT2D eigenvalue weighted by Crippen LogP contribution is -2.27. The van der Waals surface area contributed by atoms with E-state index in [1.54, 1.807) is 50.5 Å². The van der Waals surface area contributed by atoms with E-state index in [0.29, 0.717) is 12.1 Å². The average molecular weight is 300 g/mol. The fourth-order valence-corrected chi connectivity index (χ4v) is 2.09. The molecule has 0 unspecified atom stereocenters. The minimum absolute atomic E-state index is 0.0481. The van der Waals surface area contributed by atoms with Gasteiger partial charge in [0.15, 0.2) is 0 Å². The number of amides is 2. The lowest BCUT2D eigenvalue weighted by atomic mass is 10.1. The minimum Gasteiger partial charge on any atom is -0.355 e. The molecule has 2 amide bonds. The van der Waals surface area contributed by atoms with Crippen molar-refractivity contribution in [3.63, 3.8) is 0 Å². The number of carbonyl (C=O) groups is 2. The van der Waals surface area contributed by atoms with Gasteiger partial charge in [0, 0.05) is 26.2 Å². The van der Waals surface area contributed by atoms with Gasteiger partial charge in [-0.2, -0.15) is 0 Å². The Morgan fingerprint density at radius 3 is 2.32 bits per heavy atom. The molecule has 0 spiro atoms. The third-order valence-electron chi connectivity index (χ3n) is 3.31. The van der Waals surface area contributed by atoms with Crippen molar-refractivity contribution in [2.75, 3.05) is 14.1 Å². The van der Waals surface area contributed by atoms with Crippen molar-refractivity contribution in [1.82, 2.24) is 10.2 Å².